The van der Waals surface area contributed by atoms with Crippen LogP contribution in [-0.4, -0.2) is 41.7 Å². The van der Waals surface area contributed by atoms with Crippen molar-refractivity contribution < 1.29 is 4.74 Å². The molecular weight excluding hydrogens is 220 g/mol. The van der Waals surface area contributed by atoms with Crippen molar-refractivity contribution in [2.45, 2.75) is 44.8 Å². The van der Waals surface area contributed by atoms with Gasteiger partial charge in [0.2, 0.25) is 0 Å². The molecule has 1 aliphatic heterocycles. The highest BCUT2D eigenvalue weighted by Crippen LogP contribution is 2.28. The molecule has 92 valence electrons. The van der Waals surface area contributed by atoms with Crippen molar-refractivity contribution in [3.8, 4) is 0 Å². The Labute approximate surface area is 103 Å². The lowest BCUT2D eigenvalue weighted by Gasteiger charge is -2.41. The first kappa shape index (κ1) is 12.3. The van der Waals surface area contributed by atoms with E-state index < -0.39 is 0 Å². The highest BCUT2D eigenvalue weighted by atomic mass is 32.1. The molecule has 4 heteroatoms. The van der Waals surface area contributed by atoms with Gasteiger partial charge in [-0.05, 0) is 18.8 Å². The zero-order valence-corrected chi connectivity index (χ0v) is 10.8. The van der Waals surface area contributed by atoms with E-state index in [1.807, 2.05) is 0 Å². The quantitative estimate of drug-likeness (QED) is 0.746. The van der Waals surface area contributed by atoms with Crippen LogP contribution in [0.25, 0.3) is 0 Å². The molecule has 1 saturated carbocycles. The number of rotatable bonds is 2. The number of nitrogens with two attached hydrogens (primary N) is 1. The van der Waals surface area contributed by atoms with Crippen LogP contribution in [0.2, 0.25) is 0 Å². The van der Waals surface area contributed by atoms with E-state index in [-0.39, 0.29) is 6.10 Å². The minimum absolute atomic E-state index is 0.0269. The van der Waals surface area contributed by atoms with Gasteiger partial charge in [-0.2, -0.15) is 0 Å². The second-order valence-corrected chi connectivity index (χ2v) is 5.65. The van der Waals surface area contributed by atoms with E-state index in [0.29, 0.717) is 4.99 Å². The lowest BCUT2D eigenvalue weighted by atomic mass is 9.86. The third-order valence-electron chi connectivity index (χ3n) is 3.84. The summed E-state index contributed by atoms with van der Waals surface area (Å²) in [7, 11) is 0. The van der Waals surface area contributed by atoms with Crippen molar-refractivity contribution in [3.05, 3.63) is 0 Å². The Morgan fingerprint density at radius 2 is 2.25 bits per heavy atom. The molecule has 2 aliphatic rings. The monoisotopic (exact) mass is 242 g/mol. The second kappa shape index (κ2) is 5.43. The highest BCUT2D eigenvalue weighted by molar-refractivity contribution is 7.80. The Morgan fingerprint density at radius 1 is 1.44 bits per heavy atom. The normalized spacial score (nSPS) is 37.2. The minimum atomic E-state index is -0.0269. The molecule has 1 aliphatic carbocycles. The maximum atomic E-state index is 5.67. The van der Waals surface area contributed by atoms with Gasteiger partial charge in [0.05, 0.1) is 6.61 Å². The smallest absolute Gasteiger partial charge is 0.120 e. The molecule has 2 rings (SSSR count). The van der Waals surface area contributed by atoms with Crippen molar-refractivity contribution >= 4 is 17.2 Å². The average Bonchev–Trinajstić information content (AvgIpc) is 2.29. The zero-order chi connectivity index (χ0) is 11.5. The summed E-state index contributed by atoms with van der Waals surface area (Å²) in [6.07, 6.45) is 5.37. The first-order chi connectivity index (χ1) is 7.66. The lowest BCUT2D eigenvalue weighted by molar-refractivity contribution is -0.0209. The summed E-state index contributed by atoms with van der Waals surface area (Å²) in [6.45, 7) is 5.06. The van der Waals surface area contributed by atoms with Gasteiger partial charge >= 0.3 is 0 Å². The molecule has 0 radical (unpaired) electrons. The van der Waals surface area contributed by atoms with Crippen LogP contribution in [0, 0.1) is 5.92 Å². The van der Waals surface area contributed by atoms with Crippen molar-refractivity contribution in [3.63, 3.8) is 0 Å². The van der Waals surface area contributed by atoms with Crippen molar-refractivity contribution in [1.29, 1.82) is 0 Å². The summed E-state index contributed by atoms with van der Waals surface area (Å²) in [5.41, 5.74) is 5.67. The van der Waals surface area contributed by atoms with Crippen molar-refractivity contribution in [1.82, 2.24) is 4.90 Å². The fourth-order valence-electron chi connectivity index (χ4n) is 2.91. The molecule has 2 fully saturated rings. The molecular formula is C12H22N2OS. The summed E-state index contributed by atoms with van der Waals surface area (Å²) in [4.78, 5) is 3.04. The number of morpholine rings is 1. The fraction of sp³-hybridized carbons (Fsp3) is 0.917. The molecule has 0 aromatic carbocycles. The summed E-state index contributed by atoms with van der Waals surface area (Å²) in [6, 6.07) is 0.726. The minimum Gasteiger partial charge on any atom is -0.391 e. The van der Waals surface area contributed by atoms with Crippen LogP contribution in [0.4, 0.5) is 0 Å². The SMILES string of the molecule is CC1CCCC(N2CCOC(C(N)=S)C2)C1. The standard InChI is InChI=1S/C12H22N2OS/c1-9-3-2-4-10(7-9)14-5-6-15-11(8-14)12(13)16/h9-11H,2-8H2,1H3,(H2,13,16). The van der Waals surface area contributed by atoms with Gasteiger partial charge in [-0.15, -0.1) is 0 Å². The van der Waals surface area contributed by atoms with Crippen LogP contribution in [0.1, 0.15) is 32.6 Å². The predicted molar refractivity (Wildman–Crippen MR) is 69.5 cm³/mol. The van der Waals surface area contributed by atoms with E-state index in [4.69, 9.17) is 22.7 Å². The Hall–Kier alpha value is -0.190. The van der Waals surface area contributed by atoms with Crippen LogP contribution in [0.15, 0.2) is 0 Å². The molecule has 3 atom stereocenters. The number of thiocarbonyl (C=S) groups is 1. The predicted octanol–water partition coefficient (Wildman–Crippen LogP) is 1.55. The average molecular weight is 242 g/mol. The van der Waals surface area contributed by atoms with Crippen LogP contribution >= 0.6 is 12.2 Å². The molecule has 3 unspecified atom stereocenters. The van der Waals surface area contributed by atoms with E-state index >= 15 is 0 Å². The van der Waals surface area contributed by atoms with Gasteiger partial charge in [-0.3, -0.25) is 4.90 Å². The molecule has 0 aromatic heterocycles. The molecule has 1 saturated heterocycles. The van der Waals surface area contributed by atoms with Gasteiger partial charge in [0.15, 0.2) is 0 Å². The third-order valence-corrected chi connectivity index (χ3v) is 4.10. The van der Waals surface area contributed by atoms with Crippen LogP contribution in [0.3, 0.4) is 0 Å². The number of hydrogen-bond acceptors (Lipinski definition) is 3. The second-order valence-electron chi connectivity index (χ2n) is 5.18. The molecule has 16 heavy (non-hydrogen) atoms. The van der Waals surface area contributed by atoms with E-state index in [1.54, 1.807) is 0 Å². The van der Waals surface area contributed by atoms with E-state index in [1.165, 1.54) is 25.7 Å². The summed E-state index contributed by atoms with van der Waals surface area (Å²) in [5, 5.41) is 0. The fourth-order valence-corrected chi connectivity index (χ4v) is 3.05. The largest absolute Gasteiger partial charge is 0.391 e. The highest BCUT2D eigenvalue weighted by Gasteiger charge is 2.30. The van der Waals surface area contributed by atoms with E-state index in [0.717, 1.165) is 31.7 Å². The molecule has 1 heterocycles. The molecule has 0 aromatic rings. The van der Waals surface area contributed by atoms with Gasteiger partial charge in [0, 0.05) is 19.1 Å². The summed E-state index contributed by atoms with van der Waals surface area (Å²) >= 11 is 5.02. The van der Waals surface area contributed by atoms with E-state index in [9.17, 15) is 0 Å². The Kier molecular flexibility index (Phi) is 4.16. The number of nitrogens with zero attached hydrogens (tertiary/aromatic N) is 1. The van der Waals surface area contributed by atoms with Crippen LogP contribution < -0.4 is 5.73 Å². The summed E-state index contributed by atoms with van der Waals surface area (Å²) < 4.78 is 5.58. The van der Waals surface area contributed by atoms with Gasteiger partial charge < -0.3 is 10.5 Å². The number of ether oxygens (including phenoxy) is 1. The number of hydrogen-bond donors (Lipinski definition) is 1. The first-order valence-electron chi connectivity index (χ1n) is 6.32. The summed E-state index contributed by atoms with van der Waals surface area (Å²) in [5.74, 6) is 0.866. The molecule has 3 nitrogen and oxygen atoms in total. The molecule has 0 amide bonds. The molecule has 0 bridgehead atoms. The van der Waals surface area contributed by atoms with E-state index in [2.05, 4.69) is 11.8 Å². The van der Waals surface area contributed by atoms with Crippen molar-refractivity contribution in [2.75, 3.05) is 19.7 Å². The lowest BCUT2D eigenvalue weighted by Crippen LogP contribution is -2.52. The van der Waals surface area contributed by atoms with Crippen LogP contribution in [0.5, 0.6) is 0 Å². The first-order valence-corrected chi connectivity index (χ1v) is 6.72. The van der Waals surface area contributed by atoms with Gasteiger partial charge in [-0.1, -0.05) is 32.0 Å². The van der Waals surface area contributed by atoms with Gasteiger partial charge in [0.25, 0.3) is 0 Å². The molecule has 0 spiro atoms. The Balaban J connectivity index is 1.90. The van der Waals surface area contributed by atoms with Gasteiger partial charge in [-0.25, -0.2) is 0 Å². The maximum absolute atomic E-state index is 5.67. The topological polar surface area (TPSA) is 38.5 Å². The Morgan fingerprint density at radius 3 is 2.94 bits per heavy atom. The Bertz CT molecular complexity index is 259. The van der Waals surface area contributed by atoms with Crippen molar-refractivity contribution in [2.24, 2.45) is 11.7 Å². The third kappa shape index (κ3) is 2.93. The van der Waals surface area contributed by atoms with Crippen LogP contribution in [-0.2, 0) is 4.74 Å². The maximum Gasteiger partial charge on any atom is 0.120 e. The zero-order valence-electron chi connectivity index (χ0n) is 10.0. The molecule has 2 N–H and O–H groups in total. The van der Waals surface area contributed by atoms with Gasteiger partial charge in [0.1, 0.15) is 11.1 Å².